The Hall–Kier alpha value is -4.08. The molecule has 1 unspecified atom stereocenters. The van der Waals surface area contributed by atoms with Crippen LogP contribution in [0.1, 0.15) is 113 Å². The minimum absolute atomic E-state index is 0.0338. The van der Waals surface area contributed by atoms with Crippen molar-refractivity contribution < 1.29 is 43.3 Å². The molecule has 0 radical (unpaired) electrons. The maximum atomic E-state index is 14.6. The van der Waals surface area contributed by atoms with Crippen LogP contribution >= 0.6 is 0 Å². The molecule has 2 rings (SSSR count). The van der Waals surface area contributed by atoms with Crippen molar-refractivity contribution in [2.45, 2.75) is 157 Å². The average Bonchev–Trinajstić information content (AvgIpc) is 3.72. The number of methoxy groups -OCH3 is 2. The van der Waals surface area contributed by atoms with Gasteiger partial charge in [-0.25, -0.2) is 4.79 Å². The number of nitrogens with one attached hydrogen (secondary N) is 2. The molecule has 364 valence electrons. The van der Waals surface area contributed by atoms with E-state index in [9.17, 15) is 33.9 Å². The van der Waals surface area contributed by atoms with Crippen molar-refractivity contribution in [2.24, 2.45) is 29.1 Å². The number of amides is 5. The largest absolute Gasteiger partial charge is 0.480 e. The van der Waals surface area contributed by atoms with E-state index in [1.807, 2.05) is 112 Å². The van der Waals surface area contributed by atoms with Crippen molar-refractivity contribution in [1.82, 2.24) is 30.2 Å². The Morgan fingerprint density at radius 2 is 1.47 bits per heavy atom. The summed E-state index contributed by atoms with van der Waals surface area (Å²) in [6, 6.07) is 5.67. The predicted octanol–water partition coefficient (Wildman–Crippen LogP) is 5.10. The van der Waals surface area contributed by atoms with E-state index in [1.165, 1.54) is 14.2 Å². The standard InChI is InChI=1S/C49H84N6O9/c1-16-33(6)42(54(13)46(59)40(31(2)3)51-45(58)41(32(4)5)52(11)26-20-21-27-53(12)48(62)49(8,9)10)38(63-14)30-39(56)55-28-22-25-37(55)43(64-15)34(7)44(57)50-36(47(60)61)29-35-23-18-17-19-24-35/h17-19,23-24,31-34,36-38,40-43H,16,20-22,25-30H2,1-15H3,(H,50,57)(H,51,58)(H,60,61)/t33-,34+,36?,37-,38+,40-,41-,42-,43+/m0/s1. The number of ether oxygens (including phenoxy) is 2. The number of carboxylic acids is 1. The third kappa shape index (κ3) is 15.8. The number of unbranched alkanes of at least 4 members (excludes halogenated alkanes) is 1. The molecule has 0 aromatic heterocycles. The van der Waals surface area contributed by atoms with Gasteiger partial charge in [0.05, 0.1) is 42.7 Å². The van der Waals surface area contributed by atoms with Gasteiger partial charge in [0.15, 0.2) is 0 Å². The van der Waals surface area contributed by atoms with E-state index in [4.69, 9.17) is 9.47 Å². The van der Waals surface area contributed by atoms with Gasteiger partial charge in [0, 0.05) is 53.2 Å². The van der Waals surface area contributed by atoms with Crippen LogP contribution < -0.4 is 10.6 Å². The lowest BCUT2D eigenvalue weighted by atomic mass is 9.89. The number of benzene rings is 1. The van der Waals surface area contributed by atoms with Crippen LogP contribution in [0.5, 0.6) is 0 Å². The SMILES string of the molecule is CC[C@H](C)[C@@H]([C@@H](CC(=O)N1CCC[C@H]1[C@H](OC)[C@@H](C)C(=O)NC(Cc1ccccc1)C(=O)O)OC)N(C)C(=O)[C@@H](NC(=O)[C@H](C(C)C)N(C)CCCCN(C)C(=O)C(C)(C)C)C(C)C. The summed E-state index contributed by atoms with van der Waals surface area (Å²) in [6.07, 6.45) is 2.26. The lowest BCUT2D eigenvalue weighted by Crippen LogP contribution is -2.60. The van der Waals surface area contributed by atoms with Crippen molar-refractivity contribution >= 4 is 35.5 Å². The lowest BCUT2D eigenvalue weighted by molar-refractivity contribution is -0.148. The molecule has 1 heterocycles. The van der Waals surface area contributed by atoms with Gasteiger partial charge in [-0.1, -0.05) is 106 Å². The number of hydrogen-bond donors (Lipinski definition) is 3. The van der Waals surface area contributed by atoms with Crippen molar-refractivity contribution in [2.75, 3.05) is 55.0 Å². The van der Waals surface area contributed by atoms with Crippen molar-refractivity contribution in [3.63, 3.8) is 0 Å². The van der Waals surface area contributed by atoms with Crippen molar-refractivity contribution in [3.05, 3.63) is 35.9 Å². The first-order valence-electron chi connectivity index (χ1n) is 23.4. The summed E-state index contributed by atoms with van der Waals surface area (Å²) in [5, 5.41) is 15.7. The molecule has 64 heavy (non-hydrogen) atoms. The molecular weight excluding hydrogens is 817 g/mol. The zero-order chi connectivity index (χ0) is 48.6. The Labute approximate surface area is 384 Å². The molecular formula is C49H84N6O9. The van der Waals surface area contributed by atoms with E-state index < -0.39 is 65.6 Å². The maximum absolute atomic E-state index is 14.6. The Morgan fingerprint density at radius 3 is 1.98 bits per heavy atom. The van der Waals surface area contributed by atoms with Crippen LogP contribution in [0.4, 0.5) is 0 Å². The zero-order valence-electron chi connectivity index (χ0n) is 41.8. The fraction of sp³-hybridized carbons (Fsp3) is 0.755. The van der Waals surface area contributed by atoms with Crippen LogP contribution in [0.25, 0.3) is 0 Å². The summed E-state index contributed by atoms with van der Waals surface area (Å²) in [5.74, 6) is -3.38. The Morgan fingerprint density at radius 1 is 0.859 bits per heavy atom. The number of aliphatic carboxylic acids is 1. The van der Waals surface area contributed by atoms with E-state index in [0.717, 1.165) is 18.4 Å². The normalized spacial score (nSPS) is 18.2. The minimum Gasteiger partial charge on any atom is -0.480 e. The molecule has 9 atom stereocenters. The monoisotopic (exact) mass is 901 g/mol. The predicted molar refractivity (Wildman–Crippen MR) is 250 cm³/mol. The summed E-state index contributed by atoms with van der Waals surface area (Å²) in [7, 11) is 8.49. The Balaban J connectivity index is 2.23. The lowest BCUT2D eigenvalue weighted by Gasteiger charge is -2.41. The molecule has 15 heteroatoms. The first kappa shape index (κ1) is 56.1. The highest BCUT2D eigenvalue weighted by molar-refractivity contribution is 5.90. The molecule has 1 aliphatic rings. The Bertz CT molecular complexity index is 1650. The van der Waals surface area contributed by atoms with E-state index in [2.05, 4.69) is 10.6 Å². The highest BCUT2D eigenvalue weighted by atomic mass is 16.5. The smallest absolute Gasteiger partial charge is 0.326 e. The van der Waals surface area contributed by atoms with Gasteiger partial charge < -0.3 is 39.9 Å². The van der Waals surface area contributed by atoms with E-state index in [-0.39, 0.29) is 54.2 Å². The molecule has 1 saturated heterocycles. The second-order valence-corrected chi connectivity index (χ2v) is 19.8. The van der Waals surface area contributed by atoms with Crippen LogP contribution in [0.3, 0.4) is 0 Å². The summed E-state index contributed by atoms with van der Waals surface area (Å²) in [5.41, 5.74) is 0.329. The number of carbonyl (C=O) groups excluding carboxylic acids is 5. The topological polar surface area (TPSA) is 178 Å². The minimum atomic E-state index is -1.15. The summed E-state index contributed by atoms with van der Waals surface area (Å²) >= 11 is 0. The van der Waals surface area contributed by atoms with Crippen LogP contribution in [-0.4, -0.2) is 158 Å². The molecule has 1 aliphatic heterocycles. The van der Waals surface area contributed by atoms with E-state index in [1.54, 1.807) is 28.7 Å². The molecule has 1 fully saturated rings. The van der Waals surface area contributed by atoms with E-state index >= 15 is 0 Å². The van der Waals surface area contributed by atoms with Crippen LogP contribution in [0, 0.1) is 29.1 Å². The first-order chi connectivity index (χ1) is 29.9. The van der Waals surface area contributed by atoms with Crippen molar-refractivity contribution in [1.29, 1.82) is 0 Å². The Kier molecular flexibility index (Phi) is 22.9. The van der Waals surface area contributed by atoms with Gasteiger partial charge in [-0.3, -0.25) is 28.9 Å². The van der Waals surface area contributed by atoms with Gasteiger partial charge in [0.1, 0.15) is 12.1 Å². The zero-order valence-corrected chi connectivity index (χ0v) is 41.8. The summed E-state index contributed by atoms with van der Waals surface area (Å²) in [4.78, 5) is 88.5. The highest BCUT2D eigenvalue weighted by Crippen LogP contribution is 2.30. The average molecular weight is 901 g/mol. The molecule has 3 N–H and O–H groups in total. The van der Waals surface area contributed by atoms with Crippen LogP contribution in [-0.2, 0) is 44.7 Å². The maximum Gasteiger partial charge on any atom is 0.326 e. The molecule has 0 bridgehead atoms. The molecule has 0 spiro atoms. The van der Waals surface area contributed by atoms with E-state index in [0.29, 0.717) is 38.9 Å². The molecule has 1 aromatic carbocycles. The number of carbonyl (C=O) groups is 6. The molecule has 5 amide bonds. The first-order valence-corrected chi connectivity index (χ1v) is 23.4. The molecule has 15 nitrogen and oxygen atoms in total. The third-order valence-corrected chi connectivity index (χ3v) is 13.0. The van der Waals surface area contributed by atoms with Crippen LogP contribution in [0.2, 0.25) is 0 Å². The molecule has 0 aliphatic carbocycles. The number of likely N-dealkylation sites (N-methyl/N-ethyl adjacent to an activating group) is 2. The van der Waals surface area contributed by atoms with Gasteiger partial charge in [0.2, 0.25) is 29.5 Å². The number of nitrogens with zero attached hydrogens (tertiary/aromatic N) is 4. The second-order valence-electron chi connectivity index (χ2n) is 19.8. The third-order valence-electron chi connectivity index (χ3n) is 13.0. The highest BCUT2D eigenvalue weighted by Gasteiger charge is 2.43. The number of likely N-dealkylation sites (tertiary alicyclic amines) is 1. The van der Waals surface area contributed by atoms with Gasteiger partial charge in [-0.15, -0.1) is 0 Å². The van der Waals surface area contributed by atoms with Gasteiger partial charge in [-0.2, -0.15) is 0 Å². The fourth-order valence-electron chi connectivity index (χ4n) is 9.17. The van der Waals surface area contributed by atoms with Crippen molar-refractivity contribution in [3.8, 4) is 0 Å². The van der Waals surface area contributed by atoms with Crippen LogP contribution in [0.15, 0.2) is 30.3 Å². The number of carboxylic acid groups (broad SMARTS) is 1. The fourth-order valence-corrected chi connectivity index (χ4v) is 9.17. The summed E-state index contributed by atoms with van der Waals surface area (Å²) < 4.78 is 12.0. The second kappa shape index (κ2) is 26.2. The summed E-state index contributed by atoms with van der Waals surface area (Å²) in [6.45, 7) is 21.0. The van der Waals surface area contributed by atoms with Gasteiger partial charge in [-0.05, 0) is 62.6 Å². The van der Waals surface area contributed by atoms with Gasteiger partial charge in [0.25, 0.3) is 0 Å². The van der Waals surface area contributed by atoms with Gasteiger partial charge >= 0.3 is 5.97 Å². The molecule has 0 saturated carbocycles. The number of rotatable bonds is 26. The number of hydrogen-bond acceptors (Lipinski definition) is 9. The molecule has 1 aromatic rings. The quantitative estimate of drug-likeness (QED) is 0.106.